The predicted octanol–water partition coefficient (Wildman–Crippen LogP) is 8.07. The number of unbranched alkanes of at least 4 members (excludes halogenated alkanes) is 3. The molecular formula is C60H103NO18Sn. The third kappa shape index (κ3) is 17.6. The van der Waals surface area contributed by atoms with Gasteiger partial charge in [0.15, 0.2) is 12.1 Å². The number of nitrogens with zero attached hydrogens (tertiary/aromatic N) is 1. The van der Waals surface area contributed by atoms with Crippen molar-refractivity contribution >= 4 is 43.2 Å². The molecule has 2 N–H and O–H groups in total. The maximum absolute atomic E-state index is 14.1. The van der Waals surface area contributed by atoms with Crippen LogP contribution in [-0.2, 0) is 72.7 Å². The molecular weight excluding hydrogens is 1140 g/mol. The van der Waals surface area contributed by atoms with Crippen molar-refractivity contribution in [3.8, 4) is 0 Å². The van der Waals surface area contributed by atoms with E-state index in [0.717, 1.165) is 47.3 Å². The summed E-state index contributed by atoms with van der Waals surface area (Å²) in [6.45, 7) is 21.4. The van der Waals surface area contributed by atoms with Gasteiger partial charge in [0, 0.05) is 38.4 Å². The van der Waals surface area contributed by atoms with Gasteiger partial charge in [0.25, 0.3) is 0 Å². The molecule has 460 valence electrons. The summed E-state index contributed by atoms with van der Waals surface area (Å²) in [5.41, 5.74) is 0.120. The first-order chi connectivity index (χ1) is 38.1. The van der Waals surface area contributed by atoms with E-state index in [-0.39, 0.29) is 43.9 Å². The van der Waals surface area contributed by atoms with Crippen LogP contribution in [0.1, 0.15) is 160 Å². The normalized spacial score (nSPS) is 40.5. The number of methoxy groups -OCH3 is 2. The van der Waals surface area contributed by atoms with Gasteiger partial charge in [0.1, 0.15) is 30.7 Å². The van der Waals surface area contributed by atoms with Crippen LogP contribution >= 0.6 is 0 Å². The van der Waals surface area contributed by atoms with Crippen molar-refractivity contribution in [2.45, 2.75) is 272 Å². The van der Waals surface area contributed by atoms with Crippen LogP contribution in [0.25, 0.3) is 0 Å². The molecule has 0 aromatic carbocycles. The summed E-state index contributed by atoms with van der Waals surface area (Å²) in [5.74, 6) is -4.03. The average molecular weight is 1250 g/mol. The van der Waals surface area contributed by atoms with Gasteiger partial charge in [0.2, 0.25) is 0 Å². The van der Waals surface area contributed by atoms with E-state index in [1.807, 2.05) is 52.8 Å². The number of hydrogen-bond donors (Lipinski definition) is 2. The first-order valence-electron chi connectivity index (χ1n) is 30.1. The second kappa shape index (κ2) is 32.5. The number of ketones is 1. The molecule has 21 atom stereocenters. The molecule has 5 aliphatic heterocycles. The summed E-state index contributed by atoms with van der Waals surface area (Å²) in [7, 11) is 6.72. The van der Waals surface area contributed by atoms with Crippen molar-refractivity contribution in [1.29, 1.82) is 0 Å². The van der Waals surface area contributed by atoms with E-state index < -0.39 is 153 Å². The molecule has 0 bridgehead atoms. The fraction of sp³-hybridized carbons (Fsp3) is 0.867. The molecule has 19 nitrogen and oxygen atoms in total. The number of cyclic esters (lactones) is 1. The molecule has 0 aromatic rings. The Labute approximate surface area is 483 Å². The Bertz CT molecular complexity index is 1990. The van der Waals surface area contributed by atoms with Crippen molar-refractivity contribution in [3.05, 3.63) is 23.8 Å². The van der Waals surface area contributed by atoms with E-state index in [0.29, 0.717) is 31.3 Å². The first kappa shape index (κ1) is 68.8. The number of carbonyl (C=O) groups excluding carboxylic acids is 4. The van der Waals surface area contributed by atoms with Crippen LogP contribution < -0.4 is 0 Å². The number of aldehydes is 1. The van der Waals surface area contributed by atoms with E-state index in [1.165, 1.54) is 20.3 Å². The van der Waals surface area contributed by atoms with Gasteiger partial charge < -0.3 is 38.7 Å². The predicted molar refractivity (Wildman–Crippen MR) is 301 cm³/mol. The molecule has 4 saturated heterocycles. The Morgan fingerprint density at radius 1 is 0.825 bits per heavy atom. The average Bonchev–Trinajstić information content (AvgIpc) is 3.75. The number of likely N-dealkylation sites (N-methyl/N-ethyl adjacent to an activating group) is 1. The molecule has 0 amide bonds. The van der Waals surface area contributed by atoms with Crippen molar-refractivity contribution in [3.63, 3.8) is 0 Å². The fourth-order valence-corrected chi connectivity index (χ4v) is 25.4. The summed E-state index contributed by atoms with van der Waals surface area (Å²) in [4.78, 5) is 56.7. The van der Waals surface area contributed by atoms with Crippen LogP contribution in [0, 0.1) is 23.7 Å². The van der Waals surface area contributed by atoms with E-state index in [9.17, 15) is 29.4 Å². The van der Waals surface area contributed by atoms with Crippen molar-refractivity contribution in [2.75, 3.05) is 34.9 Å². The summed E-state index contributed by atoms with van der Waals surface area (Å²) < 4.78 is 80.2. The van der Waals surface area contributed by atoms with E-state index in [4.69, 9.17) is 53.5 Å². The van der Waals surface area contributed by atoms with Crippen LogP contribution in [0.3, 0.4) is 0 Å². The van der Waals surface area contributed by atoms with Gasteiger partial charge in [-0.2, -0.15) is 0 Å². The minimum absolute atomic E-state index is 0.00474. The number of carbonyl (C=O) groups is 4. The van der Waals surface area contributed by atoms with Gasteiger partial charge in [-0.3, -0.25) is 9.59 Å². The molecule has 80 heavy (non-hydrogen) atoms. The molecule has 1 spiro atoms. The van der Waals surface area contributed by atoms with Gasteiger partial charge in [0.05, 0.1) is 25.2 Å². The monoisotopic (exact) mass is 1250 g/mol. The molecule has 5 rings (SSSR count). The topological polar surface area (TPSA) is 223 Å². The zero-order chi connectivity index (χ0) is 59.1. The second-order valence-electron chi connectivity index (χ2n) is 23.7. The number of allylic oxidation sites excluding steroid dienone is 3. The molecule has 0 radical (unpaired) electrons. The quantitative estimate of drug-likeness (QED) is 0.0561. The molecule has 4 fully saturated rings. The fourth-order valence-electron chi connectivity index (χ4n) is 12.6. The van der Waals surface area contributed by atoms with Crippen molar-refractivity contribution in [1.82, 2.24) is 4.90 Å². The molecule has 0 unspecified atom stereocenters. The summed E-state index contributed by atoms with van der Waals surface area (Å²) in [6, 6.07) is -0.640. The van der Waals surface area contributed by atoms with Crippen LogP contribution in [0.5, 0.6) is 0 Å². The Kier molecular flexibility index (Phi) is 28.0. The van der Waals surface area contributed by atoms with Gasteiger partial charge in [-0.05, 0) is 45.1 Å². The Morgan fingerprint density at radius 2 is 1.49 bits per heavy atom. The molecule has 5 heterocycles. The van der Waals surface area contributed by atoms with E-state index in [1.54, 1.807) is 26.8 Å². The Morgan fingerprint density at radius 3 is 2.09 bits per heavy atom. The molecule has 20 heteroatoms. The standard InChI is InChI=1S/C52H85NO18.2C4H9.Sn/c1-14-16-17-40(58)69-47-43(53(10)11)46(70-42-20-22-52(61,33(8)55)34(9)67-42)32(7)66-51(47)71-45-30(5)38(57)26-41(59)68-39(15-2)36(24-28(3)18-19-37(56)29(4)25-35(45)21-23-54)27-64-50-49(63-13)48(62-12)44(60)31(6)65-50;2*1-3-4-2;/h18-19,23-24,29-36,38-39,42-51,57,60H,14-17,20-22,25-27H2,1-13H3;2*1,3-4H2,2H3;/q-2;;;+2/b19-18+,28-24+;;;/t29-,30+,31-,32-,33+,34+,35+,36-,38-,39-,42+,43+,44-,45-,46-,47-,48-,49-,50-,51+,52+;;;/m1.../s1. The van der Waals surface area contributed by atoms with Crippen LogP contribution in [0.4, 0.5) is 0 Å². The van der Waals surface area contributed by atoms with E-state index in [2.05, 4.69) is 27.7 Å². The van der Waals surface area contributed by atoms with Crippen molar-refractivity contribution in [2.24, 2.45) is 23.7 Å². The zero-order valence-corrected chi connectivity index (χ0v) is 53.9. The number of rotatable bonds is 23. The van der Waals surface area contributed by atoms with Crippen molar-refractivity contribution < 1.29 is 82.9 Å². The molecule has 5 aliphatic rings. The van der Waals surface area contributed by atoms with Crippen LogP contribution in [0.15, 0.2) is 23.8 Å². The van der Waals surface area contributed by atoms with Gasteiger partial charge >= 0.3 is 234 Å². The molecule has 0 aromatic heterocycles. The van der Waals surface area contributed by atoms with Gasteiger partial charge in [-0.25, -0.2) is 0 Å². The number of aliphatic hydroxyl groups is 2. The molecule has 0 aliphatic carbocycles. The van der Waals surface area contributed by atoms with Gasteiger partial charge in [-0.1, -0.05) is 51.8 Å². The van der Waals surface area contributed by atoms with E-state index >= 15 is 0 Å². The van der Waals surface area contributed by atoms with Crippen LogP contribution in [-0.4, -0.2) is 197 Å². The third-order valence-electron chi connectivity index (χ3n) is 17.5. The number of esters is 2. The minimum atomic E-state index is -3.42. The summed E-state index contributed by atoms with van der Waals surface area (Å²) in [6.07, 6.45) is 0.993. The zero-order valence-electron chi connectivity index (χ0n) is 51.0. The van der Waals surface area contributed by atoms with Crippen LogP contribution in [0.2, 0.25) is 8.87 Å². The summed E-state index contributed by atoms with van der Waals surface area (Å²) >= 11 is -3.42. The maximum atomic E-state index is 14.1. The first-order valence-corrected chi connectivity index (χ1v) is 36.5. The second-order valence-corrected chi connectivity index (χ2v) is 33.0. The van der Waals surface area contributed by atoms with Gasteiger partial charge in [-0.15, -0.1) is 0 Å². The number of ether oxygens (including phenoxy) is 10. The SMILES string of the molecule is CCCCC(=O)O[C@H]1[C@H](O[C@H]2[C@@H](CC=O)C[C@@H](C)C(=O)/C=C/C(C)=C/[C@H](CO[C@@H]3O[C@H](C)[C@@H](O)[C@@H](OC)[C@H]3OC)[C@@H](CC)OC(=O)C[C@@H](O)[C@@H]2C)O[C@H](C)[C@@H](O[C@H]2CC[C@@]3([O][Sn]([CH2]CCC)([CH2]CCC)[O][C@H]3C)[C@H](C)O2)[C@@H]1N(C)C. The number of aliphatic hydroxyl groups excluding tert-OH is 2. The Balaban J connectivity index is 1.44. The molecule has 0 saturated carbocycles. The Hall–Kier alpha value is -1.96. The number of hydrogen-bond acceptors (Lipinski definition) is 19. The third-order valence-corrected chi connectivity index (χ3v) is 28.2. The summed E-state index contributed by atoms with van der Waals surface area (Å²) in [5, 5.41) is 22.9.